The van der Waals surface area contributed by atoms with Crippen molar-refractivity contribution in [3.63, 3.8) is 0 Å². The van der Waals surface area contributed by atoms with Gasteiger partial charge in [0.15, 0.2) is 5.82 Å². The number of ether oxygens (including phenoxy) is 1. The molecule has 4 rings (SSSR count). The van der Waals surface area contributed by atoms with E-state index >= 15 is 0 Å². The van der Waals surface area contributed by atoms with Gasteiger partial charge in [0.1, 0.15) is 16.9 Å². The fourth-order valence-electron chi connectivity index (χ4n) is 4.31. The summed E-state index contributed by atoms with van der Waals surface area (Å²) in [6.07, 6.45) is 3.97. The van der Waals surface area contributed by atoms with Crippen LogP contribution in [0.2, 0.25) is 0 Å². The molecule has 9 nitrogen and oxygen atoms in total. The summed E-state index contributed by atoms with van der Waals surface area (Å²) in [5, 5.41) is 23.9. The van der Waals surface area contributed by atoms with Crippen LogP contribution in [0.15, 0.2) is 18.2 Å². The van der Waals surface area contributed by atoms with Crippen molar-refractivity contribution < 1.29 is 19.4 Å². The summed E-state index contributed by atoms with van der Waals surface area (Å²) in [6.45, 7) is 1.75. The first kappa shape index (κ1) is 17.4. The number of anilines is 1. The lowest BCUT2D eigenvalue weighted by atomic mass is 9.45. The molecule has 2 saturated carbocycles. The van der Waals surface area contributed by atoms with Gasteiger partial charge in [-0.3, -0.25) is 9.59 Å². The van der Waals surface area contributed by atoms with E-state index in [0.717, 1.165) is 19.3 Å². The quantitative estimate of drug-likeness (QED) is 0.771. The highest BCUT2D eigenvalue weighted by Crippen LogP contribution is 2.64. The third-order valence-electron chi connectivity index (χ3n) is 5.90. The summed E-state index contributed by atoms with van der Waals surface area (Å²) in [5.74, 6) is -0.433. The van der Waals surface area contributed by atoms with Crippen LogP contribution in [-0.4, -0.2) is 44.3 Å². The van der Waals surface area contributed by atoms with Crippen LogP contribution in [0.25, 0.3) is 5.69 Å². The summed E-state index contributed by atoms with van der Waals surface area (Å²) in [4.78, 5) is 24.7. The van der Waals surface area contributed by atoms with Crippen LogP contribution in [0, 0.1) is 17.8 Å². The number of aryl methyl sites for hydroxylation is 1. The first-order valence-electron chi connectivity index (χ1n) is 8.87. The Hall–Kier alpha value is -2.97. The Morgan fingerprint density at radius 1 is 1.30 bits per heavy atom. The summed E-state index contributed by atoms with van der Waals surface area (Å²) >= 11 is 0. The van der Waals surface area contributed by atoms with E-state index in [0.29, 0.717) is 35.8 Å². The molecule has 1 aromatic carbocycles. The molecular weight excluding hydrogens is 350 g/mol. The minimum absolute atomic E-state index is 0.0598. The van der Waals surface area contributed by atoms with E-state index in [-0.39, 0.29) is 5.41 Å². The van der Waals surface area contributed by atoms with Gasteiger partial charge in [0.2, 0.25) is 5.91 Å². The summed E-state index contributed by atoms with van der Waals surface area (Å²) < 4.78 is 6.84. The van der Waals surface area contributed by atoms with Gasteiger partial charge in [-0.2, -0.15) is 4.68 Å². The van der Waals surface area contributed by atoms with Crippen molar-refractivity contribution in [3.8, 4) is 11.4 Å². The van der Waals surface area contributed by atoms with Crippen molar-refractivity contribution in [3.05, 3.63) is 24.0 Å². The lowest BCUT2D eigenvalue weighted by Gasteiger charge is -2.58. The van der Waals surface area contributed by atoms with Gasteiger partial charge in [0.05, 0.1) is 7.11 Å². The number of nitrogens with zero attached hydrogens (tertiary/aromatic N) is 4. The number of hydrogen-bond donors (Lipinski definition) is 2. The summed E-state index contributed by atoms with van der Waals surface area (Å²) in [5.41, 5.74) is -0.248. The largest absolute Gasteiger partial charge is 0.494 e. The number of methoxy groups -OCH3 is 1. The smallest absolute Gasteiger partial charge is 0.319 e. The molecule has 0 atom stereocenters. The van der Waals surface area contributed by atoms with Crippen LogP contribution in [0.5, 0.6) is 5.75 Å². The Morgan fingerprint density at radius 2 is 2.04 bits per heavy atom. The van der Waals surface area contributed by atoms with Crippen LogP contribution >= 0.6 is 0 Å². The van der Waals surface area contributed by atoms with Gasteiger partial charge in [-0.05, 0) is 66.6 Å². The highest BCUT2D eigenvalue weighted by atomic mass is 16.5. The number of carboxylic acid groups (broad SMARTS) is 1. The molecule has 0 bridgehead atoms. The van der Waals surface area contributed by atoms with Gasteiger partial charge < -0.3 is 15.2 Å². The van der Waals surface area contributed by atoms with Gasteiger partial charge >= 0.3 is 5.97 Å². The van der Waals surface area contributed by atoms with E-state index in [1.54, 1.807) is 25.1 Å². The van der Waals surface area contributed by atoms with Crippen molar-refractivity contribution in [2.24, 2.45) is 10.8 Å². The number of rotatable bonds is 5. The van der Waals surface area contributed by atoms with E-state index in [1.807, 2.05) is 0 Å². The highest BCUT2D eigenvalue weighted by Gasteiger charge is 2.65. The maximum Gasteiger partial charge on any atom is 0.319 e. The fraction of sp³-hybridized carbons (Fsp3) is 0.500. The molecule has 1 aromatic heterocycles. The zero-order valence-corrected chi connectivity index (χ0v) is 15.2. The molecule has 2 aromatic rings. The van der Waals surface area contributed by atoms with Crippen molar-refractivity contribution in [2.75, 3.05) is 12.4 Å². The number of carboxylic acids is 1. The second kappa shape index (κ2) is 6.04. The zero-order chi connectivity index (χ0) is 19.2. The minimum Gasteiger partial charge on any atom is -0.494 e. The topological polar surface area (TPSA) is 119 Å². The van der Waals surface area contributed by atoms with Gasteiger partial charge in [-0.15, -0.1) is 5.10 Å². The Morgan fingerprint density at radius 3 is 2.56 bits per heavy atom. The Labute approximate surface area is 155 Å². The molecule has 27 heavy (non-hydrogen) atoms. The number of carbonyl (C=O) groups is 2. The summed E-state index contributed by atoms with van der Waals surface area (Å²) in [7, 11) is 1.53. The van der Waals surface area contributed by atoms with Crippen LogP contribution in [0.3, 0.4) is 0 Å². The fourth-order valence-corrected chi connectivity index (χ4v) is 4.31. The highest BCUT2D eigenvalue weighted by molar-refractivity contribution is 6.09. The number of aromatic nitrogens is 4. The maximum atomic E-state index is 12.8. The van der Waals surface area contributed by atoms with Crippen molar-refractivity contribution in [1.29, 1.82) is 0 Å². The second-order valence-corrected chi connectivity index (χ2v) is 7.57. The molecule has 142 valence electrons. The number of carbonyl (C=O) groups excluding carboxylic acids is 1. The predicted octanol–water partition coefficient (Wildman–Crippen LogP) is 1.95. The molecule has 2 fully saturated rings. The molecule has 2 aliphatic carbocycles. The molecule has 2 N–H and O–H groups in total. The lowest BCUT2D eigenvalue weighted by Crippen LogP contribution is -2.59. The number of hydrogen-bond acceptors (Lipinski definition) is 6. The third-order valence-corrected chi connectivity index (χ3v) is 5.90. The van der Waals surface area contributed by atoms with E-state index in [1.165, 1.54) is 11.8 Å². The molecule has 0 aliphatic heterocycles. The van der Waals surface area contributed by atoms with Crippen molar-refractivity contribution in [2.45, 2.75) is 39.0 Å². The minimum atomic E-state index is -1.34. The Kier molecular flexibility index (Phi) is 3.90. The Balaban J connectivity index is 1.60. The second-order valence-electron chi connectivity index (χ2n) is 7.57. The van der Waals surface area contributed by atoms with Gasteiger partial charge in [0, 0.05) is 5.69 Å². The molecule has 1 spiro atoms. The Bertz CT molecular complexity index is 910. The molecule has 0 radical (unpaired) electrons. The van der Waals surface area contributed by atoms with Gasteiger partial charge in [-0.1, -0.05) is 6.42 Å². The summed E-state index contributed by atoms with van der Waals surface area (Å²) in [6, 6.07) is 5.04. The van der Waals surface area contributed by atoms with E-state index in [4.69, 9.17) is 4.74 Å². The molecule has 2 aliphatic rings. The number of tetrazole rings is 1. The van der Waals surface area contributed by atoms with Crippen LogP contribution in [-0.2, 0) is 9.59 Å². The van der Waals surface area contributed by atoms with Gasteiger partial charge in [0.25, 0.3) is 0 Å². The van der Waals surface area contributed by atoms with Crippen molar-refractivity contribution >= 4 is 17.6 Å². The number of aliphatic carboxylic acids is 1. The van der Waals surface area contributed by atoms with Crippen molar-refractivity contribution in [1.82, 2.24) is 20.2 Å². The van der Waals surface area contributed by atoms with Crippen LogP contribution in [0.1, 0.15) is 37.9 Å². The average Bonchev–Trinajstić information content (AvgIpc) is 2.98. The maximum absolute atomic E-state index is 12.8. The molecule has 0 saturated heterocycles. The molecule has 1 heterocycles. The predicted molar refractivity (Wildman–Crippen MR) is 94.7 cm³/mol. The number of amides is 1. The normalized spacial score (nSPS) is 19.0. The first-order chi connectivity index (χ1) is 12.9. The average molecular weight is 371 g/mol. The number of benzene rings is 1. The number of nitrogens with one attached hydrogen (secondary N) is 1. The molecule has 0 unspecified atom stereocenters. The lowest BCUT2D eigenvalue weighted by molar-refractivity contribution is -0.178. The molecule has 9 heteroatoms. The molecule has 1 amide bonds. The van der Waals surface area contributed by atoms with Crippen LogP contribution < -0.4 is 10.1 Å². The van der Waals surface area contributed by atoms with E-state index in [2.05, 4.69) is 20.8 Å². The SMILES string of the molecule is COc1ccc(NC(=O)C2(C(=O)O)CC3(CCC3)C2)cc1-n1nnnc1C. The van der Waals surface area contributed by atoms with Gasteiger partial charge in [-0.25, -0.2) is 0 Å². The van der Waals surface area contributed by atoms with E-state index < -0.39 is 17.3 Å². The first-order valence-corrected chi connectivity index (χ1v) is 8.87. The van der Waals surface area contributed by atoms with E-state index in [9.17, 15) is 14.7 Å². The molecular formula is C18H21N5O4. The van der Waals surface area contributed by atoms with Crippen LogP contribution in [0.4, 0.5) is 5.69 Å². The monoisotopic (exact) mass is 371 g/mol. The zero-order valence-electron chi connectivity index (χ0n) is 15.2. The third kappa shape index (κ3) is 2.65. The standard InChI is InChI=1S/C18H21N5O4/c1-11-20-21-22-23(11)13-8-12(4-5-14(13)27-2)19-15(24)18(16(25)26)9-17(10-18)6-3-7-17/h4-5,8H,3,6-7,9-10H2,1-2H3,(H,19,24)(H,25,26).